The van der Waals surface area contributed by atoms with E-state index >= 15 is 0 Å². The van der Waals surface area contributed by atoms with Crippen LogP contribution in [-0.2, 0) is 0 Å². The number of nitrogens with one attached hydrogen (secondary N) is 2. The molecule has 0 aliphatic carbocycles. The third-order valence-electron chi connectivity index (χ3n) is 4.09. The van der Waals surface area contributed by atoms with Crippen molar-refractivity contribution >= 4 is 23.0 Å². The summed E-state index contributed by atoms with van der Waals surface area (Å²) in [6.45, 7) is 1.73. The van der Waals surface area contributed by atoms with Crippen LogP contribution in [0, 0.1) is 23.7 Å². The molecule has 0 bridgehead atoms. The Hall–Kier alpha value is -3.85. The molecule has 0 saturated heterocycles. The minimum Gasteiger partial charge on any atom is -0.472 e. The topological polar surface area (TPSA) is 116 Å². The largest absolute Gasteiger partial charge is 0.472 e. The number of carbonyl (C=O) groups excluding carboxylic acids is 1. The average Bonchev–Trinajstić information content (AvgIpc) is 3.17. The average molecular weight is 344 g/mol. The molecule has 1 aromatic heterocycles. The van der Waals surface area contributed by atoms with Crippen LogP contribution in [0.2, 0.25) is 0 Å². The molecule has 2 aromatic carbocycles. The number of benzene rings is 2. The lowest BCUT2D eigenvalue weighted by Crippen LogP contribution is -2.15. The summed E-state index contributed by atoms with van der Waals surface area (Å²) in [6, 6.07) is 13.7. The molecule has 0 saturated carbocycles. The number of nitrogens with zero attached hydrogens (tertiary/aromatic N) is 1. The van der Waals surface area contributed by atoms with Gasteiger partial charge in [0.05, 0.1) is 29.9 Å². The maximum atomic E-state index is 12.6. The van der Waals surface area contributed by atoms with Gasteiger partial charge in [0.2, 0.25) is 0 Å². The van der Waals surface area contributed by atoms with Crippen molar-refractivity contribution in [2.45, 2.75) is 6.92 Å². The zero-order valence-corrected chi connectivity index (χ0v) is 14.0. The van der Waals surface area contributed by atoms with Gasteiger partial charge in [0.15, 0.2) is 0 Å². The Bertz CT molecular complexity index is 1030. The summed E-state index contributed by atoms with van der Waals surface area (Å²) in [5.41, 5.74) is 9.71. The van der Waals surface area contributed by atoms with Crippen molar-refractivity contribution < 1.29 is 9.21 Å². The molecule has 6 heteroatoms. The van der Waals surface area contributed by atoms with E-state index in [1.165, 1.54) is 12.5 Å². The Labute approximate surface area is 150 Å². The van der Waals surface area contributed by atoms with Crippen LogP contribution in [-0.4, -0.2) is 11.6 Å². The molecule has 6 nitrogen and oxygen atoms in total. The van der Waals surface area contributed by atoms with Gasteiger partial charge in [-0.05, 0) is 48.9 Å². The maximum Gasteiger partial charge on any atom is 0.255 e. The van der Waals surface area contributed by atoms with E-state index in [2.05, 4.69) is 11.4 Å². The number of amides is 1. The first-order chi connectivity index (χ1) is 12.5. The lowest BCUT2D eigenvalue weighted by molar-refractivity contribution is 0.102. The number of anilines is 2. The van der Waals surface area contributed by atoms with Crippen LogP contribution in [0.25, 0.3) is 0 Å². The van der Waals surface area contributed by atoms with Gasteiger partial charge >= 0.3 is 0 Å². The number of rotatable bonds is 4. The Morgan fingerprint density at radius 3 is 2.73 bits per heavy atom. The van der Waals surface area contributed by atoms with Gasteiger partial charge in [-0.2, -0.15) is 5.26 Å². The number of nitriles is 1. The summed E-state index contributed by atoms with van der Waals surface area (Å²) in [7, 11) is 0. The summed E-state index contributed by atoms with van der Waals surface area (Å²) in [6.07, 6.45) is 2.94. The molecular formula is C20H16N4O2. The fourth-order valence-corrected chi connectivity index (χ4v) is 2.61. The number of hydrogen-bond donors (Lipinski definition) is 3. The molecule has 4 N–H and O–H groups in total. The van der Waals surface area contributed by atoms with E-state index in [0.717, 1.165) is 0 Å². The Morgan fingerprint density at radius 2 is 2.04 bits per heavy atom. The third-order valence-corrected chi connectivity index (χ3v) is 4.09. The smallest absolute Gasteiger partial charge is 0.255 e. The number of nitrogen functional groups attached to an aromatic ring is 1. The van der Waals surface area contributed by atoms with Crippen LogP contribution in [0.4, 0.5) is 11.4 Å². The summed E-state index contributed by atoms with van der Waals surface area (Å²) in [4.78, 5) is 12.6. The first kappa shape index (κ1) is 17.0. The normalized spacial score (nSPS) is 10.2. The molecular weight excluding hydrogens is 328 g/mol. The predicted octanol–water partition coefficient (Wildman–Crippen LogP) is 3.71. The highest BCUT2D eigenvalue weighted by molar-refractivity contribution is 6.14. The van der Waals surface area contributed by atoms with Gasteiger partial charge in [-0.25, -0.2) is 0 Å². The van der Waals surface area contributed by atoms with Gasteiger partial charge in [0, 0.05) is 28.1 Å². The van der Waals surface area contributed by atoms with Gasteiger partial charge in [-0.3, -0.25) is 10.2 Å². The van der Waals surface area contributed by atoms with Gasteiger partial charge in [0.1, 0.15) is 0 Å². The second-order valence-corrected chi connectivity index (χ2v) is 5.73. The molecule has 0 atom stereocenters. The molecule has 1 amide bonds. The minimum absolute atomic E-state index is 0.204. The van der Waals surface area contributed by atoms with E-state index in [9.17, 15) is 4.79 Å². The number of nitrogens with two attached hydrogens (primary N) is 1. The molecule has 0 radical (unpaired) electrons. The molecule has 3 rings (SSSR count). The van der Waals surface area contributed by atoms with E-state index in [4.69, 9.17) is 20.8 Å². The Kier molecular flexibility index (Phi) is 4.54. The van der Waals surface area contributed by atoms with Gasteiger partial charge in [-0.1, -0.05) is 6.07 Å². The van der Waals surface area contributed by atoms with Crippen molar-refractivity contribution in [2.24, 2.45) is 0 Å². The molecule has 1 heterocycles. The quantitative estimate of drug-likeness (QED) is 0.494. The predicted molar refractivity (Wildman–Crippen MR) is 99.3 cm³/mol. The fourth-order valence-electron chi connectivity index (χ4n) is 2.61. The zero-order valence-electron chi connectivity index (χ0n) is 14.0. The van der Waals surface area contributed by atoms with Gasteiger partial charge in [-0.15, -0.1) is 0 Å². The second-order valence-electron chi connectivity index (χ2n) is 5.73. The Balaban J connectivity index is 1.90. The van der Waals surface area contributed by atoms with Crippen molar-refractivity contribution in [1.29, 1.82) is 10.7 Å². The van der Waals surface area contributed by atoms with Crippen molar-refractivity contribution in [2.75, 3.05) is 11.1 Å². The first-order valence-corrected chi connectivity index (χ1v) is 7.83. The molecule has 0 spiro atoms. The summed E-state index contributed by atoms with van der Waals surface area (Å²) in [5.74, 6) is -0.329. The maximum absolute atomic E-state index is 12.6. The van der Waals surface area contributed by atoms with Gasteiger partial charge in [0.25, 0.3) is 5.91 Å². The van der Waals surface area contributed by atoms with Crippen LogP contribution in [0.5, 0.6) is 0 Å². The number of furan rings is 1. The molecule has 128 valence electrons. The minimum atomic E-state index is -0.329. The molecule has 0 unspecified atom stereocenters. The standard InChI is InChI=1S/C20H16N4O2/c1-12-13(10-21)3-2-4-16(12)20(25)24-15-5-6-18(22)17(9-15)19(23)14-7-8-26-11-14/h2-9,11,23H,22H2,1H3,(H,24,25). The molecule has 0 aliphatic heterocycles. The highest BCUT2D eigenvalue weighted by Gasteiger charge is 2.14. The highest BCUT2D eigenvalue weighted by Crippen LogP contribution is 2.22. The van der Waals surface area contributed by atoms with E-state index in [0.29, 0.717) is 39.2 Å². The second kappa shape index (κ2) is 6.95. The summed E-state index contributed by atoms with van der Waals surface area (Å²) < 4.78 is 5.01. The molecule has 0 fully saturated rings. The van der Waals surface area contributed by atoms with Crippen molar-refractivity contribution in [3.05, 3.63) is 82.8 Å². The van der Waals surface area contributed by atoms with Crippen LogP contribution in [0.1, 0.15) is 32.6 Å². The number of carbonyl (C=O) groups is 1. The van der Waals surface area contributed by atoms with E-state index in [1.54, 1.807) is 49.4 Å². The monoisotopic (exact) mass is 344 g/mol. The Morgan fingerprint density at radius 1 is 1.23 bits per heavy atom. The third kappa shape index (κ3) is 3.19. The van der Waals surface area contributed by atoms with Crippen LogP contribution >= 0.6 is 0 Å². The fraction of sp³-hybridized carbons (Fsp3) is 0.0500. The number of hydrogen-bond acceptors (Lipinski definition) is 5. The van der Waals surface area contributed by atoms with Crippen molar-refractivity contribution in [3.8, 4) is 6.07 Å². The molecule has 3 aromatic rings. The zero-order chi connectivity index (χ0) is 18.7. The summed E-state index contributed by atoms with van der Waals surface area (Å²) >= 11 is 0. The highest BCUT2D eigenvalue weighted by atomic mass is 16.3. The van der Waals surface area contributed by atoms with E-state index in [1.807, 2.05) is 0 Å². The van der Waals surface area contributed by atoms with Crippen LogP contribution in [0.3, 0.4) is 0 Å². The van der Waals surface area contributed by atoms with Crippen molar-refractivity contribution in [3.63, 3.8) is 0 Å². The first-order valence-electron chi connectivity index (χ1n) is 7.83. The van der Waals surface area contributed by atoms with E-state index < -0.39 is 0 Å². The lowest BCUT2D eigenvalue weighted by Gasteiger charge is -2.12. The lowest BCUT2D eigenvalue weighted by atomic mass is 10.0. The summed E-state index contributed by atoms with van der Waals surface area (Å²) in [5, 5.41) is 20.2. The van der Waals surface area contributed by atoms with Gasteiger partial charge < -0.3 is 15.5 Å². The molecule has 0 aliphatic rings. The van der Waals surface area contributed by atoms with E-state index in [-0.39, 0.29) is 11.6 Å². The van der Waals surface area contributed by atoms with Crippen LogP contribution in [0.15, 0.2) is 59.4 Å². The van der Waals surface area contributed by atoms with Crippen molar-refractivity contribution in [1.82, 2.24) is 0 Å². The SMILES string of the molecule is Cc1c(C#N)cccc1C(=O)Nc1ccc(N)c(C(=N)c2ccoc2)c1. The molecule has 26 heavy (non-hydrogen) atoms. The van der Waals surface area contributed by atoms with Crippen LogP contribution < -0.4 is 11.1 Å².